The van der Waals surface area contributed by atoms with Crippen LogP contribution in [0.15, 0.2) is 53.4 Å². The van der Waals surface area contributed by atoms with Crippen molar-refractivity contribution in [3.05, 3.63) is 64.7 Å². The van der Waals surface area contributed by atoms with Crippen LogP contribution in [0.2, 0.25) is 5.02 Å². The molecule has 1 amide bonds. The van der Waals surface area contributed by atoms with Crippen molar-refractivity contribution in [2.24, 2.45) is 0 Å². The number of carbonyl (C=O) groups is 1. The zero-order chi connectivity index (χ0) is 20.2. The molecule has 2 aromatic carbocycles. The first kappa shape index (κ1) is 21.2. The highest BCUT2D eigenvalue weighted by Crippen LogP contribution is 2.24. The maximum Gasteiger partial charge on any atom is 0.405 e. The molecule has 0 spiro atoms. The second-order valence-electron chi connectivity index (χ2n) is 5.69. The maximum atomic E-state index is 12.7. The number of nitrogens with one attached hydrogen (secondary N) is 1. The standard InChI is InChI=1S/C17H16ClF3N2O3S/c1-23(10-12-5-3-2-4-6-12)27(25,26)13-7-8-15(18)14(9-13)16(24)22-11-17(19,20)21/h2-9H,10-11H2,1H3,(H,22,24). The van der Waals surface area contributed by atoms with Gasteiger partial charge in [-0.25, -0.2) is 8.42 Å². The maximum absolute atomic E-state index is 12.7. The average molecular weight is 421 g/mol. The van der Waals surface area contributed by atoms with Crippen molar-refractivity contribution in [3.63, 3.8) is 0 Å². The molecule has 5 nitrogen and oxygen atoms in total. The van der Waals surface area contributed by atoms with Gasteiger partial charge in [0.05, 0.1) is 15.5 Å². The van der Waals surface area contributed by atoms with Crippen LogP contribution in [0.5, 0.6) is 0 Å². The molecule has 0 unspecified atom stereocenters. The van der Waals surface area contributed by atoms with Crippen LogP contribution in [0.3, 0.4) is 0 Å². The van der Waals surface area contributed by atoms with E-state index in [1.54, 1.807) is 35.6 Å². The molecule has 0 bridgehead atoms. The van der Waals surface area contributed by atoms with Crippen LogP contribution in [0.1, 0.15) is 15.9 Å². The smallest absolute Gasteiger partial charge is 0.343 e. The van der Waals surface area contributed by atoms with E-state index in [9.17, 15) is 26.4 Å². The van der Waals surface area contributed by atoms with Gasteiger partial charge in [0.1, 0.15) is 6.54 Å². The Morgan fingerprint density at radius 1 is 1.15 bits per heavy atom. The van der Waals surface area contributed by atoms with E-state index >= 15 is 0 Å². The summed E-state index contributed by atoms with van der Waals surface area (Å²) in [4.78, 5) is 11.7. The van der Waals surface area contributed by atoms with E-state index in [0.717, 1.165) is 22.0 Å². The second kappa shape index (κ2) is 8.28. The van der Waals surface area contributed by atoms with Gasteiger partial charge in [0, 0.05) is 13.6 Å². The Morgan fingerprint density at radius 2 is 1.78 bits per heavy atom. The lowest BCUT2D eigenvalue weighted by molar-refractivity contribution is -0.123. The van der Waals surface area contributed by atoms with Crippen LogP contribution in [-0.4, -0.2) is 38.4 Å². The normalized spacial score (nSPS) is 12.2. The number of benzene rings is 2. The minimum atomic E-state index is -4.60. The zero-order valence-electron chi connectivity index (χ0n) is 14.1. The molecule has 2 rings (SSSR count). The highest BCUT2D eigenvalue weighted by molar-refractivity contribution is 7.89. The molecule has 0 aliphatic carbocycles. The van der Waals surface area contributed by atoms with Gasteiger partial charge in [-0.15, -0.1) is 0 Å². The summed E-state index contributed by atoms with van der Waals surface area (Å²) < 4.78 is 63.3. The van der Waals surface area contributed by atoms with Crippen molar-refractivity contribution in [1.82, 2.24) is 9.62 Å². The van der Waals surface area contributed by atoms with Crippen molar-refractivity contribution in [2.45, 2.75) is 17.6 Å². The van der Waals surface area contributed by atoms with E-state index in [0.29, 0.717) is 0 Å². The number of carbonyl (C=O) groups excluding carboxylic acids is 1. The fourth-order valence-electron chi connectivity index (χ4n) is 2.22. The summed E-state index contributed by atoms with van der Waals surface area (Å²) in [5.41, 5.74) is 0.399. The Morgan fingerprint density at radius 3 is 2.37 bits per heavy atom. The summed E-state index contributed by atoms with van der Waals surface area (Å²) in [6.45, 7) is -1.46. The molecule has 0 atom stereocenters. The minimum absolute atomic E-state index is 0.0847. The van der Waals surface area contributed by atoms with Crippen LogP contribution >= 0.6 is 11.6 Å². The molecule has 0 aliphatic rings. The van der Waals surface area contributed by atoms with Crippen molar-refractivity contribution < 1.29 is 26.4 Å². The van der Waals surface area contributed by atoms with Gasteiger partial charge < -0.3 is 5.32 Å². The number of sulfonamides is 1. The number of nitrogens with zero attached hydrogens (tertiary/aromatic N) is 1. The van der Waals surface area contributed by atoms with E-state index in [2.05, 4.69) is 0 Å². The number of rotatable bonds is 6. The molecule has 0 aliphatic heterocycles. The Balaban J connectivity index is 2.26. The molecule has 0 heterocycles. The molecular formula is C17H16ClF3N2O3S. The average Bonchev–Trinajstić information content (AvgIpc) is 2.60. The van der Waals surface area contributed by atoms with Gasteiger partial charge >= 0.3 is 6.18 Å². The first-order valence-corrected chi connectivity index (χ1v) is 9.47. The Bertz CT molecular complexity index is 919. The molecule has 27 heavy (non-hydrogen) atoms. The molecule has 146 valence electrons. The van der Waals surface area contributed by atoms with Crippen LogP contribution < -0.4 is 5.32 Å². The van der Waals surface area contributed by atoms with E-state index in [-0.39, 0.29) is 22.0 Å². The van der Waals surface area contributed by atoms with E-state index < -0.39 is 28.7 Å². The molecule has 0 aromatic heterocycles. The van der Waals surface area contributed by atoms with Gasteiger partial charge in [0.25, 0.3) is 5.91 Å². The molecule has 10 heteroatoms. The van der Waals surface area contributed by atoms with Crippen molar-refractivity contribution in [2.75, 3.05) is 13.6 Å². The van der Waals surface area contributed by atoms with Gasteiger partial charge in [-0.05, 0) is 23.8 Å². The first-order chi connectivity index (χ1) is 12.5. The summed E-state index contributed by atoms with van der Waals surface area (Å²) >= 11 is 5.85. The molecule has 2 aromatic rings. The number of alkyl halides is 3. The predicted molar refractivity (Wildman–Crippen MR) is 94.9 cm³/mol. The Kier molecular flexibility index (Phi) is 6.50. The summed E-state index contributed by atoms with van der Waals surface area (Å²) in [5, 5.41) is 1.52. The summed E-state index contributed by atoms with van der Waals surface area (Å²) in [5.74, 6) is -1.11. The molecule has 1 N–H and O–H groups in total. The fourth-order valence-corrected chi connectivity index (χ4v) is 3.61. The largest absolute Gasteiger partial charge is 0.405 e. The van der Waals surface area contributed by atoms with Gasteiger partial charge in [0.15, 0.2) is 0 Å². The van der Waals surface area contributed by atoms with E-state index in [4.69, 9.17) is 11.6 Å². The summed E-state index contributed by atoms with van der Waals surface area (Å²) in [7, 11) is -2.62. The van der Waals surface area contributed by atoms with Gasteiger partial charge in [0.2, 0.25) is 10.0 Å². The summed E-state index contributed by atoms with van der Waals surface area (Å²) in [6, 6.07) is 12.1. The number of hydrogen-bond acceptors (Lipinski definition) is 3. The van der Waals surface area contributed by atoms with Crippen molar-refractivity contribution >= 4 is 27.5 Å². The van der Waals surface area contributed by atoms with Crippen molar-refractivity contribution in [1.29, 1.82) is 0 Å². The Labute approximate surface area is 159 Å². The van der Waals surface area contributed by atoms with Gasteiger partial charge in [-0.2, -0.15) is 17.5 Å². The third-order valence-corrected chi connectivity index (χ3v) is 5.72. The van der Waals surface area contributed by atoms with Gasteiger partial charge in [-0.1, -0.05) is 41.9 Å². The number of halogens is 4. The number of amides is 1. The molecule has 0 saturated heterocycles. The SMILES string of the molecule is CN(Cc1ccccc1)S(=O)(=O)c1ccc(Cl)c(C(=O)NCC(F)(F)F)c1. The van der Waals surface area contributed by atoms with E-state index in [1.165, 1.54) is 13.1 Å². The quantitative estimate of drug-likeness (QED) is 0.778. The Hall–Kier alpha value is -2.10. The fraction of sp³-hybridized carbons (Fsp3) is 0.235. The van der Waals surface area contributed by atoms with Gasteiger partial charge in [-0.3, -0.25) is 4.79 Å². The molecule has 0 radical (unpaired) electrons. The van der Waals surface area contributed by atoms with Crippen LogP contribution in [0.25, 0.3) is 0 Å². The van der Waals surface area contributed by atoms with Crippen LogP contribution in [-0.2, 0) is 16.6 Å². The minimum Gasteiger partial charge on any atom is -0.343 e. The van der Waals surface area contributed by atoms with Crippen molar-refractivity contribution in [3.8, 4) is 0 Å². The zero-order valence-corrected chi connectivity index (χ0v) is 15.7. The highest BCUT2D eigenvalue weighted by Gasteiger charge is 2.29. The third kappa shape index (κ3) is 5.69. The lowest BCUT2D eigenvalue weighted by atomic mass is 10.2. The van der Waals surface area contributed by atoms with Crippen LogP contribution in [0, 0.1) is 0 Å². The van der Waals surface area contributed by atoms with Crippen LogP contribution in [0.4, 0.5) is 13.2 Å². The monoisotopic (exact) mass is 420 g/mol. The third-order valence-electron chi connectivity index (χ3n) is 3.59. The topological polar surface area (TPSA) is 66.5 Å². The highest BCUT2D eigenvalue weighted by atomic mass is 35.5. The molecule has 0 saturated carbocycles. The van der Waals surface area contributed by atoms with E-state index in [1.807, 2.05) is 0 Å². The lowest BCUT2D eigenvalue weighted by Gasteiger charge is -2.18. The second-order valence-corrected chi connectivity index (χ2v) is 8.14. The molecule has 0 fully saturated rings. The first-order valence-electron chi connectivity index (χ1n) is 7.65. The summed E-state index contributed by atoms with van der Waals surface area (Å²) in [6.07, 6.45) is -4.60. The number of hydrogen-bond donors (Lipinski definition) is 1. The predicted octanol–water partition coefficient (Wildman–Crippen LogP) is 3.45. The molecular weight excluding hydrogens is 405 g/mol. The lowest BCUT2D eigenvalue weighted by Crippen LogP contribution is -2.34.